The van der Waals surface area contributed by atoms with E-state index in [1.165, 1.54) is 38.4 Å². The molecular weight excluding hydrogens is 594 g/mol. The number of rotatable bonds is 9. The summed E-state index contributed by atoms with van der Waals surface area (Å²) in [6, 6.07) is 30.1. The van der Waals surface area contributed by atoms with Gasteiger partial charge in [-0.1, -0.05) is 60.1 Å². The fourth-order valence-corrected chi connectivity index (χ4v) is 8.03. The molecule has 0 atom stereocenters. The normalized spacial score (nSPS) is 11.2. The number of ketones is 1. The molecule has 0 amide bonds. The fourth-order valence-electron chi connectivity index (χ4n) is 5.28. The van der Waals surface area contributed by atoms with Crippen LogP contribution in [0.5, 0.6) is 0 Å². The number of carbonyl (C=O) groups excluding carboxylic acids is 2. The molecule has 214 valence electrons. The third-order valence-corrected chi connectivity index (χ3v) is 10.1. The van der Waals surface area contributed by atoms with Gasteiger partial charge in [0.15, 0.2) is 12.4 Å². The van der Waals surface area contributed by atoms with E-state index in [-0.39, 0.29) is 24.8 Å². The highest BCUT2D eigenvalue weighted by molar-refractivity contribution is 8.00. The molecule has 4 nitrogen and oxygen atoms in total. The predicted molar refractivity (Wildman–Crippen MR) is 177 cm³/mol. The molecule has 7 heteroatoms. The van der Waals surface area contributed by atoms with Crippen molar-refractivity contribution in [2.75, 3.05) is 6.61 Å². The number of halogens is 1. The Bertz CT molecular complexity index is 1910. The van der Waals surface area contributed by atoms with Crippen molar-refractivity contribution in [3.63, 3.8) is 0 Å². The molecule has 2 heterocycles. The van der Waals surface area contributed by atoms with Crippen molar-refractivity contribution in [1.29, 1.82) is 0 Å². The zero-order chi connectivity index (χ0) is 29.9. The number of aryl methyl sites for hydroxylation is 1. The number of carbonyl (C=O) groups is 2. The van der Waals surface area contributed by atoms with Crippen LogP contribution in [-0.2, 0) is 21.7 Å². The van der Waals surface area contributed by atoms with Crippen molar-refractivity contribution in [2.45, 2.75) is 30.2 Å². The number of thiophene rings is 1. The van der Waals surface area contributed by atoms with Gasteiger partial charge in [-0.05, 0) is 76.9 Å². The Morgan fingerprint density at radius 2 is 1.49 bits per heavy atom. The van der Waals surface area contributed by atoms with Gasteiger partial charge in [0.1, 0.15) is 4.21 Å². The standard InChI is InChI=1S/C36H29ClNO3S2/c1-3-41-32(39)21-30-33(38-18-16-23(2)17-19-38)36(43-35(30)34(40)24-12-14-27(37)15-13-24)42-22-31-28-10-6-4-8-25(28)20-26-9-5-7-11-29(26)31/h4-20H,3,21-22H2,1-2H3/q+1. The second kappa shape index (κ2) is 12.7. The molecule has 0 fully saturated rings. The van der Waals surface area contributed by atoms with E-state index in [1.54, 1.807) is 43.0 Å². The first-order valence-electron chi connectivity index (χ1n) is 14.0. The van der Waals surface area contributed by atoms with Crippen LogP contribution in [0.4, 0.5) is 0 Å². The van der Waals surface area contributed by atoms with E-state index in [4.69, 9.17) is 16.3 Å². The van der Waals surface area contributed by atoms with Crippen molar-refractivity contribution >= 4 is 68.0 Å². The van der Waals surface area contributed by atoms with Crippen LogP contribution in [0.2, 0.25) is 5.02 Å². The first kappa shape index (κ1) is 29.1. The molecule has 0 aliphatic rings. The molecule has 6 aromatic rings. The van der Waals surface area contributed by atoms with Gasteiger partial charge < -0.3 is 4.74 Å². The maximum absolute atomic E-state index is 14.0. The van der Waals surface area contributed by atoms with Crippen LogP contribution in [-0.4, -0.2) is 18.4 Å². The van der Waals surface area contributed by atoms with Gasteiger partial charge in [0.05, 0.1) is 23.5 Å². The van der Waals surface area contributed by atoms with Gasteiger partial charge in [0.2, 0.25) is 11.5 Å². The lowest BCUT2D eigenvalue weighted by Crippen LogP contribution is -2.31. The number of aromatic nitrogens is 1. The number of hydrogen-bond donors (Lipinski definition) is 0. The maximum Gasteiger partial charge on any atom is 0.310 e. The highest BCUT2D eigenvalue weighted by Gasteiger charge is 2.32. The van der Waals surface area contributed by atoms with Crippen molar-refractivity contribution in [2.24, 2.45) is 0 Å². The number of ether oxygens (including phenoxy) is 1. The Labute approximate surface area is 263 Å². The van der Waals surface area contributed by atoms with Crippen LogP contribution in [0.25, 0.3) is 27.2 Å². The van der Waals surface area contributed by atoms with Crippen LogP contribution < -0.4 is 4.57 Å². The largest absolute Gasteiger partial charge is 0.466 e. The number of pyridine rings is 1. The molecule has 0 spiro atoms. The Morgan fingerprint density at radius 1 is 0.860 bits per heavy atom. The van der Waals surface area contributed by atoms with E-state index in [2.05, 4.69) is 54.6 Å². The summed E-state index contributed by atoms with van der Waals surface area (Å²) in [7, 11) is 0. The summed E-state index contributed by atoms with van der Waals surface area (Å²) < 4.78 is 8.34. The lowest BCUT2D eigenvalue weighted by atomic mass is 9.98. The van der Waals surface area contributed by atoms with Crippen LogP contribution in [0.3, 0.4) is 0 Å². The lowest BCUT2D eigenvalue weighted by Gasteiger charge is -2.11. The van der Waals surface area contributed by atoms with Gasteiger partial charge in [-0.3, -0.25) is 9.59 Å². The minimum atomic E-state index is -0.365. The molecule has 0 saturated heterocycles. The topological polar surface area (TPSA) is 47.3 Å². The van der Waals surface area contributed by atoms with Gasteiger partial charge >= 0.3 is 5.97 Å². The zero-order valence-electron chi connectivity index (χ0n) is 23.8. The second-order valence-electron chi connectivity index (χ2n) is 10.2. The third-order valence-electron chi connectivity index (χ3n) is 7.37. The highest BCUT2D eigenvalue weighted by Crippen LogP contribution is 2.42. The number of thioether (sulfide) groups is 1. The minimum Gasteiger partial charge on any atom is -0.466 e. The molecule has 4 aromatic carbocycles. The molecule has 0 unspecified atom stereocenters. The number of hydrogen-bond acceptors (Lipinski definition) is 5. The van der Waals surface area contributed by atoms with Gasteiger partial charge in [-0.25, -0.2) is 0 Å². The Kier molecular flexibility index (Phi) is 8.61. The molecule has 0 radical (unpaired) electrons. The van der Waals surface area contributed by atoms with Crippen molar-refractivity contribution in [3.05, 3.63) is 136 Å². The first-order valence-corrected chi connectivity index (χ1v) is 16.2. The number of benzene rings is 4. The van der Waals surface area contributed by atoms with E-state index < -0.39 is 0 Å². The Morgan fingerprint density at radius 3 is 2.12 bits per heavy atom. The summed E-state index contributed by atoms with van der Waals surface area (Å²) in [6.45, 7) is 4.09. The Balaban J connectivity index is 1.51. The van der Waals surface area contributed by atoms with Gasteiger partial charge in [0, 0.05) is 28.5 Å². The second-order valence-corrected chi connectivity index (χ2v) is 12.9. The van der Waals surface area contributed by atoms with E-state index in [9.17, 15) is 9.59 Å². The van der Waals surface area contributed by atoms with E-state index in [1.807, 2.05) is 36.0 Å². The molecule has 0 saturated carbocycles. The fraction of sp³-hybridized carbons (Fsp3) is 0.139. The monoisotopic (exact) mass is 622 g/mol. The minimum absolute atomic E-state index is 0.00697. The summed E-state index contributed by atoms with van der Waals surface area (Å²) in [5.74, 6) is 0.184. The number of esters is 1. The van der Waals surface area contributed by atoms with Crippen molar-refractivity contribution in [1.82, 2.24) is 0 Å². The van der Waals surface area contributed by atoms with Gasteiger partial charge in [-0.15, -0.1) is 23.1 Å². The van der Waals surface area contributed by atoms with E-state index >= 15 is 0 Å². The predicted octanol–water partition coefficient (Wildman–Crippen LogP) is 8.92. The quantitative estimate of drug-likeness (QED) is 0.0531. The molecule has 6 rings (SSSR count). The number of nitrogens with zero attached hydrogens (tertiary/aromatic N) is 1. The molecule has 43 heavy (non-hydrogen) atoms. The highest BCUT2D eigenvalue weighted by atomic mass is 35.5. The van der Waals surface area contributed by atoms with Gasteiger partial charge in [-0.2, -0.15) is 4.57 Å². The average Bonchev–Trinajstić information content (AvgIpc) is 3.37. The maximum atomic E-state index is 14.0. The van der Waals surface area contributed by atoms with Crippen molar-refractivity contribution in [3.8, 4) is 5.69 Å². The SMILES string of the molecule is CCOC(=O)Cc1c(C(=O)c2ccc(Cl)cc2)sc(SCc2c3ccccc3cc3ccccc23)c1-[n+]1ccc(C)cc1. The summed E-state index contributed by atoms with van der Waals surface area (Å²) in [5, 5.41) is 5.36. The third kappa shape index (κ3) is 6.09. The van der Waals surface area contributed by atoms with Crippen LogP contribution >= 0.6 is 34.7 Å². The van der Waals surface area contributed by atoms with Crippen LogP contribution in [0.15, 0.2) is 108 Å². The summed E-state index contributed by atoms with van der Waals surface area (Å²) in [4.78, 5) is 27.4. The molecule has 0 aliphatic carbocycles. The van der Waals surface area contributed by atoms with E-state index in [0.29, 0.717) is 26.8 Å². The Hall–Kier alpha value is -3.97. The van der Waals surface area contributed by atoms with Crippen LogP contribution in [0.1, 0.15) is 38.8 Å². The number of fused-ring (bicyclic) bond motifs is 2. The zero-order valence-corrected chi connectivity index (χ0v) is 26.2. The molecule has 0 bridgehead atoms. The smallest absolute Gasteiger partial charge is 0.310 e. The average molecular weight is 623 g/mol. The molecule has 2 aromatic heterocycles. The lowest BCUT2D eigenvalue weighted by molar-refractivity contribution is -0.598. The summed E-state index contributed by atoms with van der Waals surface area (Å²) >= 11 is 9.25. The first-order chi connectivity index (χ1) is 20.9. The summed E-state index contributed by atoms with van der Waals surface area (Å²) in [6.07, 6.45) is 3.97. The molecule has 0 aliphatic heterocycles. The summed E-state index contributed by atoms with van der Waals surface area (Å²) in [5.41, 5.74) is 4.39. The van der Waals surface area contributed by atoms with Gasteiger partial charge in [0.25, 0.3) is 0 Å². The van der Waals surface area contributed by atoms with Crippen molar-refractivity contribution < 1.29 is 18.9 Å². The molecule has 0 N–H and O–H groups in total. The van der Waals surface area contributed by atoms with Crippen LogP contribution in [0, 0.1) is 6.92 Å². The van der Waals surface area contributed by atoms with E-state index in [0.717, 1.165) is 15.5 Å². The molecular formula is C36H29ClNO3S2+.